The molecule has 1 saturated heterocycles. The van der Waals surface area contributed by atoms with Crippen LogP contribution in [0.5, 0.6) is 0 Å². The second-order valence-corrected chi connectivity index (χ2v) is 7.68. The van der Waals surface area contributed by atoms with Gasteiger partial charge in [-0.1, -0.05) is 83.2 Å². The summed E-state index contributed by atoms with van der Waals surface area (Å²) in [6.45, 7) is 7.95. The van der Waals surface area contributed by atoms with Crippen LogP contribution >= 0.6 is 0 Å². The zero-order valence-corrected chi connectivity index (χ0v) is 16.0. The summed E-state index contributed by atoms with van der Waals surface area (Å²) in [5.74, 6) is -0.126. The summed E-state index contributed by atoms with van der Waals surface area (Å²) in [4.78, 5) is 26.7. The van der Waals surface area contributed by atoms with Crippen molar-refractivity contribution in [2.24, 2.45) is 5.41 Å². The summed E-state index contributed by atoms with van der Waals surface area (Å²) >= 11 is 0. The van der Waals surface area contributed by atoms with Gasteiger partial charge in [0.1, 0.15) is 6.10 Å². The van der Waals surface area contributed by atoms with E-state index in [1.165, 1.54) is 24.2 Å². The van der Waals surface area contributed by atoms with Crippen LogP contribution in [0.1, 0.15) is 77.9 Å². The van der Waals surface area contributed by atoms with E-state index in [1.54, 1.807) is 0 Å². The largest absolute Gasteiger partial charge is 0.439 e. The first-order chi connectivity index (χ1) is 11.9. The van der Waals surface area contributed by atoms with E-state index in [4.69, 9.17) is 4.74 Å². The molecule has 0 aliphatic carbocycles. The molecule has 0 radical (unpaired) electrons. The lowest BCUT2D eigenvalue weighted by Crippen LogP contribution is -2.45. The van der Waals surface area contributed by atoms with Crippen molar-refractivity contribution in [2.75, 3.05) is 0 Å². The van der Waals surface area contributed by atoms with Gasteiger partial charge in [0, 0.05) is 5.41 Å². The Balaban J connectivity index is 2.01. The van der Waals surface area contributed by atoms with E-state index in [9.17, 15) is 9.59 Å². The highest BCUT2D eigenvalue weighted by atomic mass is 16.6. The molecule has 1 aromatic carbocycles. The van der Waals surface area contributed by atoms with Crippen LogP contribution in [0.4, 0.5) is 4.79 Å². The maximum atomic E-state index is 13.0. The smallest absolute Gasteiger partial charge is 0.417 e. The maximum absolute atomic E-state index is 13.0. The molecule has 2 amide bonds. The fourth-order valence-electron chi connectivity index (χ4n) is 3.43. The molecule has 0 saturated carbocycles. The van der Waals surface area contributed by atoms with E-state index in [-0.39, 0.29) is 11.9 Å². The Morgan fingerprint density at radius 2 is 1.76 bits per heavy atom. The summed E-state index contributed by atoms with van der Waals surface area (Å²) in [6, 6.07) is 9.33. The molecule has 1 fully saturated rings. The Morgan fingerprint density at radius 3 is 2.40 bits per heavy atom. The van der Waals surface area contributed by atoms with Gasteiger partial charge in [-0.15, -0.1) is 0 Å². The molecule has 1 aliphatic rings. The van der Waals surface area contributed by atoms with Crippen LogP contribution in [0.2, 0.25) is 0 Å². The number of rotatable bonds is 8. The number of imide groups is 1. The molecule has 2 atom stereocenters. The molecule has 2 unspecified atom stereocenters. The highest BCUT2D eigenvalue weighted by Gasteiger charge is 2.47. The molecular formula is C21H31NO3. The third-order valence-electron chi connectivity index (χ3n) is 5.10. The topological polar surface area (TPSA) is 46.6 Å². The lowest BCUT2D eigenvalue weighted by atomic mass is 9.84. The number of nitrogens with zero attached hydrogens (tertiary/aromatic N) is 1. The summed E-state index contributed by atoms with van der Waals surface area (Å²) < 4.78 is 5.51. The van der Waals surface area contributed by atoms with Gasteiger partial charge in [0.15, 0.2) is 0 Å². The summed E-state index contributed by atoms with van der Waals surface area (Å²) in [5.41, 5.74) is 0.376. The number of carbonyl (C=O) groups is 2. The highest BCUT2D eigenvalue weighted by molar-refractivity contribution is 5.96. The minimum absolute atomic E-state index is 0.126. The van der Waals surface area contributed by atoms with E-state index >= 15 is 0 Å². The molecule has 25 heavy (non-hydrogen) atoms. The van der Waals surface area contributed by atoms with Crippen LogP contribution in [-0.4, -0.2) is 22.9 Å². The highest BCUT2D eigenvalue weighted by Crippen LogP contribution is 2.36. The number of cyclic esters (lactones) is 1. The van der Waals surface area contributed by atoms with Crippen LogP contribution in [0.25, 0.3) is 0 Å². The first-order valence-electron chi connectivity index (χ1n) is 9.47. The van der Waals surface area contributed by atoms with Crippen molar-refractivity contribution in [1.29, 1.82) is 0 Å². The Morgan fingerprint density at radius 1 is 1.12 bits per heavy atom. The minimum atomic E-state index is -0.551. The summed E-state index contributed by atoms with van der Waals surface area (Å²) in [7, 11) is 0. The van der Waals surface area contributed by atoms with Crippen LogP contribution in [0, 0.1) is 5.41 Å². The molecule has 0 bridgehead atoms. The normalized spacial score (nSPS) is 20.6. The van der Waals surface area contributed by atoms with Gasteiger partial charge in [-0.3, -0.25) is 4.79 Å². The van der Waals surface area contributed by atoms with Crippen molar-refractivity contribution in [2.45, 2.75) is 78.4 Å². The van der Waals surface area contributed by atoms with Gasteiger partial charge in [0.25, 0.3) is 0 Å². The molecular weight excluding hydrogens is 314 g/mol. The van der Waals surface area contributed by atoms with Crippen LogP contribution in [0.15, 0.2) is 30.3 Å². The predicted molar refractivity (Wildman–Crippen MR) is 99.1 cm³/mol. The number of hydrogen-bond acceptors (Lipinski definition) is 3. The minimum Gasteiger partial charge on any atom is -0.439 e. The van der Waals surface area contributed by atoms with Gasteiger partial charge in [0.2, 0.25) is 5.91 Å². The predicted octanol–water partition coefficient (Wildman–Crippen LogP) is 5.48. The van der Waals surface area contributed by atoms with E-state index in [1.807, 2.05) is 51.1 Å². The third-order valence-corrected chi connectivity index (χ3v) is 5.10. The van der Waals surface area contributed by atoms with Gasteiger partial charge in [0.05, 0.1) is 6.04 Å². The average molecular weight is 345 g/mol. The number of benzene rings is 1. The number of unbranched alkanes of at least 4 members (excludes halogenated alkanes) is 4. The van der Waals surface area contributed by atoms with Crippen molar-refractivity contribution in [3.05, 3.63) is 35.9 Å². The third kappa shape index (κ3) is 4.62. The van der Waals surface area contributed by atoms with Crippen molar-refractivity contribution in [3.63, 3.8) is 0 Å². The Hall–Kier alpha value is -1.84. The average Bonchev–Trinajstić information content (AvgIpc) is 2.89. The molecule has 1 heterocycles. The maximum Gasteiger partial charge on any atom is 0.417 e. The lowest BCUT2D eigenvalue weighted by Gasteiger charge is -2.29. The van der Waals surface area contributed by atoms with Gasteiger partial charge < -0.3 is 4.74 Å². The van der Waals surface area contributed by atoms with Gasteiger partial charge >= 0.3 is 6.09 Å². The van der Waals surface area contributed by atoms with E-state index in [2.05, 4.69) is 6.92 Å². The zero-order valence-electron chi connectivity index (χ0n) is 16.0. The molecule has 1 aromatic rings. The number of amides is 2. The SMILES string of the molecule is CCCCCCCC(C)(C)C(=O)N1C(=O)OC(c2ccccc2)C1C. The van der Waals surface area contributed by atoms with Crippen LogP contribution in [-0.2, 0) is 9.53 Å². The van der Waals surface area contributed by atoms with E-state index < -0.39 is 17.6 Å². The van der Waals surface area contributed by atoms with E-state index in [0.29, 0.717) is 0 Å². The standard InChI is InChI=1S/C21H31NO3/c1-5-6-7-8-12-15-21(3,4)19(23)22-16(2)18(25-20(22)24)17-13-10-9-11-14-17/h9-11,13-14,16,18H,5-8,12,15H2,1-4H3. The Bertz CT molecular complexity index is 582. The molecule has 0 N–H and O–H groups in total. The van der Waals surface area contributed by atoms with Crippen molar-refractivity contribution >= 4 is 12.0 Å². The quantitative estimate of drug-likeness (QED) is 0.586. The summed E-state index contributed by atoms with van der Waals surface area (Å²) in [6.07, 6.45) is 5.68. The first-order valence-corrected chi connectivity index (χ1v) is 9.47. The zero-order chi connectivity index (χ0) is 18.4. The lowest BCUT2D eigenvalue weighted by molar-refractivity contribution is -0.138. The number of hydrogen-bond donors (Lipinski definition) is 0. The fraction of sp³-hybridized carbons (Fsp3) is 0.619. The Labute approximate surface area is 151 Å². The van der Waals surface area contributed by atoms with Crippen molar-refractivity contribution < 1.29 is 14.3 Å². The van der Waals surface area contributed by atoms with Crippen molar-refractivity contribution in [3.8, 4) is 0 Å². The molecule has 1 aliphatic heterocycles. The second-order valence-electron chi connectivity index (χ2n) is 7.68. The Kier molecular flexibility index (Phi) is 6.63. The molecule has 0 aromatic heterocycles. The second kappa shape index (κ2) is 8.50. The molecule has 4 nitrogen and oxygen atoms in total. The molecule has 0 spiro atoms. The van der Waals surface area contributed by atoms with Crippen LogP contribution < -0.4 is 0 Å². The fourth-order valence-corrected chi connectivity index (χ4v) is 3.43. The molecule has 4 heteroatoms. The molecule has 138 valence electrons. The number of carbonyl (C=O) groups excluding carboxylic acids is 2. The van der Waals surface area contributed by atoms with Gasteiger partial charge in [-0.25, -0.2) is 9.69 Å². The van der Waals surface area contributed by atoms with Gasteiger partial charge in [-0.05, 0) is 18.9 Å². The first kappa shape index (κ1) is 19.5. The van der Waals surface area contributed by atoms with E-state index in [0.717, 1.165) is 24.8 Å². The summed E-state index contributed by atoms with van der Waals surface area (Å²) in [5, 5.41) is 0. The molecule has 2 rings (SSSR count). The number of ether oxygens (including phenoxy) is 1. The van der Waals surface area contributed by atoms with Crippen LogP contribution in [0.3, 0.4) is 0 Å². The monoisotopic (exact) mass is 345 g/mol. The van der Waals surface area contributed by atoms with Crippen molar-refractivity contribution in [1.82, 2.24) is 4.90 Å². The van der Waals surface area contributed by atoms with Gasteiger partial charge in [-0.2, -0.15) is 0 Å².